The van der Waals surface area contributed by atoms with Crippen molar-refractivity contribution in [2.45, 2.75) is 52.4 Å². The summed E-state index contributed by atoms with van der Waals surface area (Å²) < 4.78 is 28.3. The number of hydrogen-bond donors (Lipinski definition) is 0. The largest absolute Gasteiger partial charge is 0.429 e. The Morgan fingerprint density at radius 2 is 0.488 bits per heavy atom. The van der Waals surface area contributed by atoms with Gasteiger partial charge >= 0.3 is 25.7 Å². The molecule has 0 atom stereocenters. The van der Waals surface area contributed by atoms with Gasteiger partial charge in [0.05, 0.1) is 0 Å². The summed E-state index contributed by atoms with van der Waals surface area (Å²) in [6, 6.07) is 42.5. The molecule has 41 heavy (non-hydrogen) atoms. The van der Waals surface area contributed by atoms with Crippen molar-refractivity contribution in [3.8, 4) is 0 Å². The van der Waals surface area contributed by atoms with E-state index in [1.165, 1.54) is 20.7 Å². The van der Waals surface area contributed by atoms with Crippen molar-refractivity contribution in [3.63, 3.8) is 0 Å². The summed E-state index contributed by atoms with van der Waals surface area (Å²) in [6.45, 7) is 17.5. The Balaban J connectivity index is 1.57. The molecule has 0 heterocycles. The Kier molecular flexibility index (Phi) is 9.74. The van der Waals surface area contributed by atoms with E-state index < -0.39 is 42.3 Å². The van der Waals surface area contributed by atoms with Gasteiger partial charge in [0, 0.05) is 0 Å². The maximum Gasteiger partial charge on any atom is 0.314 e. The van der Waals surface area contributed by atoms with Crippen LogP contribution < -0.4 is 20.7 Å². The first-order valence-electron chi connectivity index (χ1n) is 14.3. The van der Waals surface area contributed by atoms with Crippen molar-refractivity contribution in [2.75, 3.05) is 0 Å². The summed E-state index contributed by atoms with van der Waals surface area (Å²) in [4.78, 5) is 0. The minimum Gasteiger partial charge on any atom is -0.429 e. The molecule has 0 unspecified atom stereocenters. The van der Waals surface area contributed by atoms with Gasteiger partial charge in [0.25, 0.3) is 0 Å². The van der Waals surface area contributed by atoms with Gasteiger partial charge < -0.3 is 16.5 Å². The molecule has 0 aromatic heterocycles. The van der Waals surface area contributed by atoms with Gasteiger partial charge in [0.2, 0.25) is 16.6 Å². The Morgan fingerprint density at radius 1 is 0.293 bits per heavy atom. The second kappa shape index (κ2) is 12.6. The second-order valence-electron chi connectivity index (χ2n) is 12.1. The van der Waals surface area contributed by atoms with E-state index in [1.807, 2.05) is 0 Å². The molecule has 0 amide bonds. The Labute approximate surface area is 252 Å². The molecule has 0 bridgehead atoms. The van der Waals surface area contributed by atoms with Gasteiger partial charge in [-0.15, -0.1) is 0 Å². The van der Waals surface area contributed by atoms with Gasteiger partial charge in [0.1, 0.15) is 0 Å². The van der Waals surface area contributed by atoms with E-state index in [9.17, 15) is 0 Å². The van der Waals surface area contributed by atoms with Crippen LogP contribution in [0.1, 0.15) is 0 Å². The molecule has 0 saturated heterocycles. The maximum atomic E-state index is 7.18. The average Bonchev–Trinajstić information content (AvgIpc) is 2.93. The summed E-state index contributed by atoms with van der Waals surface area (Å²) in [7, 11) is -13.0. The smallest absolute Gasteiger partial charge is 0.314 e. The molecule has 0 aliphatic carbocycles. The molecule has 4 aromatic rings. The SMILES string of the molecule is C[Si](C)(O[Si](C)(C)O[Si](C)(c1ccccc1)c1ccccc1)O[Si](C)(C)O[Si](C)(c1ccccc1)c1ccccc1. The number of rotatable bonds is 12. The molecule has 9 heteroatoms. The van der Waals surface area contributed by atoms with Crippen LogP contribution in [0.25, 0.3) is 0 Å². The van der Waals surface area contributed by atoms with Crippen molar-refractivity contribution in [1.29, 1.82) is 0 Å². The molecule has 0 saturated carbocycles. The topological polar surface area (TPSA) is 36.9 Å². The molecule has 0 aliphatic heterocycles. The molecule has 4 rings (SSSR count). The summed E-state index contributed by atoms with van der Waals surface area (Å²) in [5.74, 6) is 0. The zero-order chi connectivity index (χ0) is 29.8. The lowest BCUT2D eigenvalue weighted by Crippen LogP contribution is -2.67. The second-order valence-corrected chi connectivity index (χ2v) is 30.2. The van der Waals surface area contributed by atoms with E-state index in [-0.39, 0.29) is 0 Å². The first kappa shape index (κ1) is 31.7. The van der Waals surface area contributed by atoms with E-state index >= 15 is 0 Å². The van der Waals surface area contributed by atoms with Crippen molar-refractivity contribution in [2.24, 2.45) is 0 Å². The highest BCUT2D eigenvalue weighted by atomic mass is 28.5. The van der Waals surface area contributed by atoms with Crippen LogP contribution in [0.15, 0.2) is 121 Å². The lowest BCUT2D eigenvalue weighted by Gasteiger charge is -2.43. The average molecular weight is 633 g/mol. The first-order chi connectivity index (χ1) is 19.2. The quantitative estimate of drug-likeness (QED) is 0.181. The van der Waals surface area contributed by atoms with E-state index in [0.29, 0.717) is 0 Å². The van der Waals surface area contributed by atoms with Crippen LogP contribution in [0, 0.1) is 0 Å². The molecule has 0 fully saturated rings. The third-order valence-electron chi connectivity index (χ3n) is 7.18. The highest BCUT2D eigenvalue weighted by Crippen LogP contribution is 2.26. The Morgan fingerprint density at radius 3 is 0.707 bits per heavy atom. The van der Waals surface area contributed by atoms with Crippen molar-refractivity contribution < 1.29 is 16.5 Å². The van der Waals surface area contributed by atoms with Gasteiger partial charge in [-0.25, -0.2) is 0 Å². The molecular weight excluding hydrogens is 589 g/mol. The van der Waals surface area contributed by atoms with Gasteiger partial charge in [-0.3, -0.25) is 0 Å². The zero-order valence-corrected chi connectivity index (χ0v) is 30.7. The number of hydrogen-bond acceptors (Lipinski definition) is 4. The van der Waals surface area contributed by atoms with E-state index in [0.717, 1.165) is 0 Å². The van der Waals surface area contributed by atoms with Crippen molar-refractivity contribution in [1.82, 2.24) is 0 Å². The molecule has 0 N–H and O–H groups in total. The van der Waals surface area contributed by atoms with Gasteiger partial charge in [-0.2, -0.15) is 0 Å². The third kappa shape index (κ3) is 8.01. The van der Waals surface area contributed by atoms with Crippen molar-refractivity contribution >= 4 is 63.1 Å². The molecule has 0 radical (unpaired) electrons. The summed E-state index contributed by atoms with van der Waals surface area (Å²) in [6.07, 6.45) is 0. The van der Waals surface area contributed by atoms with Crippen LogP contribution in [-0.2, 0) is 16.5 Å². The van der Waals surface area contributed by atoms with Crippen LogP contribution in [0.4, 0.5) is 0 Å². The Hall–Kier alpha value is -2.20. The third-order valence-corrected chi connectivity index (χ3v) is 28.0. The molecular formula is C32H44O4Si5. The minimum atomic E-state index is -2.66. The van der Waals surface area contributed by atoms with Crippen LogP contribution in [0.2, 0.25) is 52.4 Å². The normalized spacial score (nSPS) is 13.3. The van der Waals surface area contributed by atoms with Crippen LogP contribution in [0.3, 0.4) is 0 Å². The zero-order valence-electron chi connectivity index (χ0n) is 25.7. The molecule has 4 nitrogen and oxygen atoms in total. The lowest BCUT2D eigenvalue weighted by atomic mass is 10.4. The van der Waals surface area contributed by atoms with E-state index in [1.54, 1.807) is 0 Å². The summed E-state index contributed by atoms with van der Waals surface area (Å²) in [5.41, 5.74) is 0. The highest BCUT2D eigenvalue weighted by Gasteiger charge is 2.49. The molecule has 0 aliphatic rings. The van der Waals surface area contributed by atoms with E-state index in [4.69, 9.17) is 16.5 Å². The molecule has 4 aromatic carbocycles. The standard InChI is InChI=1S/C32H44O4Si5/c1-37(2,33-38(3,4)35-40(7,29-21-13-9-14-22-29)30-23-15-10-16-24-30)34-39(5,6)36-41(8,31-25-17-11-18-26-31)32-27-19-12-20-28-32/h9-28H,1-8H3. The van der Waals surface area contributed by atoms with E-state index in [2.05, 4.69) is 174 Å². The predicted octanol–water partition coefficient (Wildman–Crippen LogP) is 5.94. The highest BCUT2D eigenvalue weighted by molar-refractivity contribution is 7.03. The van der Waals surface area contributed by atoms with Gasteiger partial charge in [-0.1, -0.05) is 121 Å². The molecule has 216 valence electrons. The molecule has 0 spiro atoms. The predicted molar refractivity (Wildman–Crippen MR) is 184 cm³/mol. The maximum absolute atomic E-state index is 7.18. The Bertz CT molecular complexity index is 1200. The fourth-order valence-electron chi connectivity index (χ4n) is 5.82. The minimum absolute atomic E-state index is 1.24. The lowest BCUT2D eigenvalue weighted by molar-refractivity contribution is 0.302. The van der Waals surface area contributed by atoms with Crippen LogP contribution in [-0.4, -0.2) is 42.3 Å². The summed E-state index contributed by atoms with van der Waals surface area (Å²) >= 11 is 0. The summed E-state index contributed by atoms with van der Waals surface area (Å²) in [5, 5.41) is 4.95. The fourth-order valence-corrected chi connectivity index (χ4v) is 30.7. The van der Waals surface area contributed by atoms with Gasteiger partial charge in [0.15, 0.2) is 0 Å². The fraction of sp³-hybridized carbons (Fsp3) is 0.250. The van der Waals surface area contributed by atoms with Crippen molar-refractivity contribution in [3.05, 3.63) is 121 Å². The first-order valence-corrected chi connectivity index (χ1v) is 27.5. The van der Waals surface area contributed by atoms with Crippen LogP contribution in [0.5, 0.6) is 0 Å². The van der Waals surface area contributed by atoms with Gasteiger partial charge in [-0.05, 0) is 73.1 Å². The number of benzene rings is 4. The van der Waals surface area contributed by atoms with Crippen LogP contribution >= 0.6 is 0 Å². The monoisotopic (exact) mass is 632 g/mol.